The normalized spacial score (nSPS) is 12.0. The van der Waals surface area contributed by atoms with Crippen molar-refractivity contribution in [2.45, 2.75) is 13.0 Å². The van der Waals surface area contributed by atoms with Gasteiger partial charge in [0.25, 0.3) is 5.56 Å². The number of H-pyrrole nitrogens is 1. The van der Waals surface area contributed by atoms with Crippen molar-refractivity contribution in [3.63, 3.8) is 0 Å². The minimum absolute atomic E-state index is 0.127. The zero-order chi connectivity index (χ0) is 18.8. The summed E-state index contributed by atoms with van der Waals surface area (Å²) in [5.41, 5.74) is 6.34. The number of aromatic nitrogens is 2. The molecule has 3 N–H and O–H groups in total. The van der Waals surface area contributed by atoms with Gasteiger partial charge in [0, 0.05) is 6.07 Å². The Balaban J connectivity index is 1.91. The first-order valence-electron chi connectivity index (χ1n) is 7.73. The molecule has 0 aliphatic carbocycles. The van der Waals surface area contributed by atoms with Crippen LogP contribution in [0.25, 0.3) is 10.9 Å². The Morgan fingerprint density at radius 1 is 1.31 bits per heavy atom. The number of ether oxygens (including phenoxy) is 2. The number of methoxy groups -OCH3 is 1. The highest BCUT2D eigenvalue weighted by Gasteiger charge is 2.21. The zero-order valence-electron chi connectivity index (χ0n) is 14.1. The average molecular weight is 374 g/mol. The van der Waals surface area contributed by atoms with E-state index in [0.717, 1.165) is 0 Å². The number of fused-ring (bicyclic) bond motifs is 1. The number of nitrogens with two attached hydrogens (primary N) is 1. The molecule has 0 radical (unpaired) electrons. The fraction of sp³-hybridized carbons (Fsp3) is 0.167. The third-order valence-electron chi connectivity index (χ3n) is 3.84. The molecule has 0 amide bonds. The molecule has 26 heavy (non-hydrogen) atoms. The lowest BCUT2D eigenvalue weighted by molar-refractivity contribution is 0.0316. The number of halogens is 1. The summed E-state index contributed by atoms with van der Waals surface area (Å²) in [5.74, 6) is -0.196. The zero-order valence-corrected chi connectivity index (χ0v) is 14.8. The van der Waals surface area contributed by atoms with Crippen LogP contribution in [-0.2, 0) is 4.74 Å². The molecule has 134 valence electrons. The van der Waals surface area contributed by atoms with Crippen LogP contribution in [0.5, 0.6) is 5.75 Å². The van der Waals surface area contributed by atoms with Gasteiger partial charge in [0.1, 0.15) is 11.3 Å². The Bertz CT molecular complexity index is 1050. The van der Waals surface area contributed by atoms with Gasteiger partial charge in [0.2, 0.25) is 0 Å². The second-order valence-corrected chi connectivity index (χ2v) is 6.00. The van der Waals surface area contributed by atoms with Crippen molar-refractivity contribution >= 4 is 34.2 Å². The number of nitrogen functional groups attached to an aromatic ring is 1. The van der Waals surface area contributed by atoms with Crippen molar-refractivity contribution < 1.29 is 14.3 Å². The van der Waals surface area contributed by atoms with Crippen molar-refractivity contribution in [1.29, 1.82) is 0 Å². The summed E-state index contributed by atoms with van der Waals surface area (Å²) < 4.78 is 10.6. The van der Waals surface area contributed by atoms with Crippen LogP contribution in [0.1, 0.15) is 29.2 Å². The van der Waals surface area contributed by atoms with Crippen molar-refractivity contribution in [3.8, 4) is 5.75 Å². The van der Waals surface area contributed by atoms with Gasteiger partial charge in [0.05, 0.1) is 28.7 Å². The number of benzene rings is 2. The van der Waals surface area contributed by atoms with E-state index in [1.807, 2.05) is 0 Å². The molecule has 1 aromatic heterocycles. The van der Waals surface area contributed by atoms with Crippen LogP contribution in [0.15, 0.2) is 41.2 Å². The molecule has 0 saturated heterocycles. The number of nitrogens with one attached hydrogen (secondary N) is 1. The van der Waals surface area contributed by atoms with E-state index < -0.39 is 12.1 Å². The molecule has 7 nitrogen and oxygen atoms in total. The number of aromatic amines is 1. The second-order valence-electron chi connectivity index (χ2n) is 5.59. The molecule has 0 bridgehead atoms. The van der Waals surface area contributed by atoms with Gasteiger partial charge in [-0.05, 0) is 25.1 Å². The molecule has 3 rings (SSSR count). The highest BCUT2D eigenvalue weighted by molar-refractivity contribution is 6.33. The molecule has 8 heteroatoms. The highest BCUT2D eigenvalue weighted by Crippen LogP contribution is 2.30. The number of esters is 1. The fourth-order valence-electron chi connectivity index (χ4n) is 2.47. The molecule has 0 aliphatic rings. The third-order valence-corrected chi connectivity index (χ3v) is 4.17. The van der Waals surface area contributed by atoms with Crippen LogP contribution in [-0.4, -0.2) is 23.0 Å². The van der Waals surface area contributed by atoms with Crippen LogP contribution < -0.4 is 16.0 Å². The quantitative estimate of drug-likeness (QED) is 0.537. The number of nitrogens with zero attached hydrogens (tertiary/aromatic N) is 1. The topological polar surface area (TPSA) is 107 Å². The molecule has 0 spiro atoms. The maximum Gasteiger partial charge on any atom is 0.342 e. The van der Waals surface area contributed by atoms with Gasteiger partial charge >= 0.3 is 5.97 Å². The van der Waals surface area contributed by atoms with Gasteiger partial charge in [-0.2, -0.15) is 0 Å². The number of carbonyl (C=O) groups is 1. The first kappa shape index (κ1) is 17.8. The summed E-state index contributed by atoms with van der Waals surface area (Å²) in [4.78, 5) is 31.6. The fourth-order valence-corrected chi connectivity index (χ4v) is 2.64. The maximum absolute atomic E-state index is 12.5. The number of rotatable bonds is 4. The summed E-state index contributed by atoms with van der Waals surface area (Å²) in [5, 5.41) is 0.671. The second kappa shape index (κ2) is 7.05. The van der Waals surface area contributed by atoms with Crippen molar-refractivity contribution in [2.75, 3.05) is 12.8 Å². The molecule has 1 unspecified atom stereocenters. The third kappa shape index (κ3) is 3.34. The lowest BCUT2D eigenvalue weighted by Crippen LogP contribution is -2.18. The van der Waals surface area contributed by atoms with E-state index in [1.54, 1.807) is 31.2 Å². The van der Waals surface area contributed by atoms with Gasteiger partial charge in [-0.25, -0.2) is 9.78 Å². The molecule has 1 atom stereocenters. The Kier molecular flexibility index (Phi) is 4.81. The summed E-state index contributed by atoms with van der Waals surface area (Å²) in [6, 6.07) is 9.73. The van der Waals surface area contributed by atoms with Gasteiger partial charge in [-0.3, -0.25) is 4.79 Å². The Labute approximate surface area is 153 Å². The van der Waals surface area contributed by atoms with Gasteiger partial charge in [0.15, 0.2) is 11.9 Å². The van der Waals surface area contributed by atoms with E-state index in [4.69, 9.17) is 26.8 Å². The maximum atomic E-state index is 12.5. The van der Waals surface area contributed by atoms with Crippen LogP contribution in [0.4, 0.5) is 5.69 Å². The summed E-state index contributed by atoms with van der Waals surface area (Å²) in [6.45, 7) is 1.61. The number of para-hydroxylation sites is 1. The molecule has 0 saturated carbocycles. The average Bonchev–Trinajstić information content (AvgIpc) is 2.63. The Morgan fingerprint density at radius 2 is 2.04 bits per heavy atom. The molecule has 0 fully saturated rings. The first-order valence-corrected chi connectivity index (χ1v) is 8.11. The summed E-state index contributed by atoms with van der Waals surface area (Å²) in [7, 11) is 1.41. The molecule has 2 aromatic carbocycles. The van der Waals surface area contributed by atoms with Crippen LogP contribution >= 0.6 is 11.6 Å². The molecular formula is C18H16ClN3O4. The van der Waals surface area contributed by atoms with Gasteiger partial charge in [-0.1, -0.05) is 23.7 Å². The van der Waals surface area contributed by atoms with E-state index in [9.17, 15) is 9.59 Å². The number of carbonyl (C=O) groups excluding carboxylic acids is 1. The standard InChI is InChI=1S/C18H16ClN3O4/c1-9(16-21-14-6-4-3-5-10(14)17(23)22-16)26-18(24)11-7-12(19)13(20)8-15(11)25-2/h3-9H,20H2,1-2H3,(H,21,22,23). The number of anilines is 1. The number of hydrogen-bond acceptors (Lipinski definition) is 6. The van der Waals surface area contributed by atoms with Gasteiger partial charge < -0.3 is 20.2 Å². The minimum atomic E-state index is -0.791. The Hall–Kier alpha value is -3.06. The van der Waals surface area contributed by atoms with Crippen molar-refractivity contribution in [3.05, 3.63) is 63.2 Å². The lowest BCUT2D eigenvalue weighted by atomic mass is 10.2. The summed E-state index contributed by atoms with van der Waals surface area (Å²) in [6.07, 6.45) is -0.791. The SMILES string of the molecule is COc1cc(N)c(Cl)cc1C(=O)OC(C)c1nc2ccccc2c(=O)[nH]1. The predicted molar refractivity (Wildman–Crippen MR) is 98.6 cm³/mol. The molecule has 1 heterocycles. The smallest absolute Gasteiger partial charge is 0.342 e. The van der Waals surface area contributed by atoms with E-state index in [1.165, 1.54) is 19.2 Å². The lowest BCUT2D eigenvalue weighted by Gasteiger charge is -2.15. The van der Waals surface area contributed by atoms with Crippen LogP contribution in [0.3, 0.4) is 0 Å². The monoisotopic (exact) mass is 373 g/mol. The molecule has 3 aromatic rings. The van der Waals surface area contributed by atoms with Gasteiger partial charge in [-0.15, -0.1) is 0 Å². The predicted octanol–water partition coefficient (Wildman–Crippen LogP) is 3.09. The highest BCUT2D eigenvalue weighted by atomic mass is 35.5. The van der Waals surface area contributed by atoms with E-state index in [-0.39, 0.29) is 33.4 Å². The van der Waals surface area contributed by atoms with E-state index in [0.29, 0.717) is 10.9 Å². The largest absolute Gasteiger partial charge is 0.496 e. The number of hydrogen-bond donors (Lipinski definition) is 2. The molecule has 0 aliphatic heterocycles. The van der Waals surface area contributed by atoms with E-state index in [2.05, 4.69) is 9.97 Å². The van der Waals surface area contributed by atoms with Crippen LogP contribution in [0, 0.1) is 0 Å². The van der Waals surface area contributed by atoms with Crippen molar-refractivity contribution in [1.82, 2.24) is 9.97 Å². The first-order chi connectivity index (χ1) is 12.4. The minimum Gasteiger partial charge on any atom is -0.496 e. The van der Waals surface area contributed by atoms with E-state index >= 15 is 0 Å². The summed E-state index contributed by atoms with van der Waals surface area (Å²) >= 11 is 5.98. The Morgan fingerprint density at radius 3 is 2.77 bits per heavy atom. The van der Waals surface area contributed by atoms with Crippen molar-refractivity contribution in [2.24, 2.45) is 0 Å². The van der Waals surface area contributed by atoms with Crippen LogP contribution in [0.2, 0.25) is 5.02 Å². The molecular weight excluding hydrogens is 358 g/mol.